The van der Waals surface area contributed by atoms with Crippen molar-refractivity contribution in [1.82, 2.24) is 25.1 Å². The first kappa shape index (κ1) is 15.6. The Morgan fingerprint density at radius 3 is 2.96 bits per heavy atom. The Balaban J connectivity index is 1.67. The van der Waals surface area contributed by atoms with Crippen LogP contribution in [0.5, 0.6) is 0 Å². The first-order valence-electron chi connectivity index (χ1n) is 6.94. The molecular weight excluding hydrogens is 334 g/mol. The van der Waals surface area contributed by atoms with Gasteiger partial charge in [0, 0.05) is 10.4 Å². The number of hydrogen-bond acceptors (Lipinski definition) is 5. The van der Waals surface area contributed by atoms with E-state index < -0.39 is 0 Å². The zero-order valence-corrected chi connectivity index (χ0v) is 13.9. The largest absolute Gasteiger partial charge is 0.350 e. The van der Waals surface area contributed by atoms with Gasteiger partial charge in [0.05, 0.1) is 17.3 Å². The molecule has 0 aliphatic carbocycles. The number of aryl methyl sites for hydroxylation is 1. The van der Waals surface area contributed by atoms with Gasteiger partial charge in [-0.25, -0.2) is 14.6 Å². The van der Waals surface area contributed by atoms with Gasteiger partial charge in [0.25, 0.3) is 0 Å². The minimum atomic E-state index is -0.123. The average molecular weight is 348 g/mol. The Kier molecular flexibility index (Phi) is 4.68. The second-order valence-corrected chi connectivity index (χ2v) is 6.37. The summed E-state index contributed by atoms with van der Waals surface area (Å²) in [6, 6.07) is 7.59. The van der Waals surface area contributed by atoms with Gasteiger partial charge in [-0.05, 0) is 13.0 Å². The summed E-state index contributed by atoms with van der Waals surface area (Å²) in [6.07, 6.45) is 2.91. The van der Waals surface area contributed by atoms with Crippen molar-refractivity contribution < 1.29 is 4.79 Å². The van der Waals surface area contributed by atoms with Crippen molar-refractivity contribution in [3.63, 3.8) is 0 Å². The second kappa shape index (κ2) is 6.89. The molecule has 1 amide bonds. The highest BCUT2D eigenvalue weighted by molar-refractivity contribution is 7.15. The number of carbonyl (C=O) groups excluding carboxylic acids is 1. The Hall–Kier alpha value is -2.25. The van der Waals surface area contributed by atoms with Crippen LogP contribution in [0.3, 0.4) is 0 Å². The Morgan fingerprint density at radius 1 is 1.39 bits per heavy atom. The number of nitrogens with zero attached hydrogens (tertiary/aromatic N) is 4. The van der Waals surface area contributed by atoms with E-state index in [1.165, 1.54) is 28.7 Å². The van der Waals surface area contributed by atoms with Crippen LogP contribution < -0.4 is 5.32 Å². The minimum Gasteiger partial charge on any atom is -0.350 e. The van der Waals surface area contributed by atoms with E-state index in [1.54, 1.807) is 0 Å². The van der Waals surface area contributed by atoms with Crippen LogP contribution in [0.4, 0.5) is 0 Å². The molecule has 1 aromatic carbocycles. The Bertz CT molecular complexity index is 815. The lowest BCUT2D eigenvalue weighted by Gasteiger charge is -2.03. The van der Waals surface area contributed by atoms with E-state index in [4.69, 9.17) is 11.6 Å². The highest BCUT2D eigenvalue weighted by Gasteiger charge is 2.12. The van der Waals surface area contributed by atoms with Crippen molar-refractivity contribution in [3.8, 4) is 10.6 Å². The number of amides is 1. The Morgan fingerprint density at radius 2 is 2.22 bits per heavy atom. The lowest BCUT2D eigenvalue weighted by atomic mass is 10.2. The maximum atomic E-state index is 11.9. The summed E-state index contributed by atoms with van der Waals surface area (Å²) in [6.45, 7) is 2.51. The lowest BCUT2D eigenvalue weighted by molar-refractivity contribution is -0.122. The molecule has 1 N–H and O–H groups in total. The average Bonchev–Trinajstić information content (AvgIpc) is 3.15. The third kappa shape index (κ3) is 3.75. The fourth-order valence-corrected chi connectivity index (χ4v) is 3.36. The smallest absolute Gasteiger partial charge is 0.242 e. The normalized spacial score (nSPS) is 10.7. The van der Waals surface area contributed by atoms with Crippen LogP contribution >= 0.6 is 22.9 Å². The molecule has 2 heterocycles. The molecule has 118 valence electrons. The Labute approximate surface area is 142 Å². The number of thiazole rings is 1. The molecule has 0 saturated heterocycles. The van der Waals surface area contributed by atoms with Gasteiger partial charge in [-0.2, -0.15) is 5.10 Å². The summed E-state index contributed by atoms with van der Waals surface area (Å²) < 4.78 is 1.48. The van der Waals surface area contributed by atoms with Crippen molar-refractivity contribution in [2.45, 2.75) is 20.0 Å². The number of nitrogens with one attached hydrogen (secondary N) is 1. The number of rotatable bonds is 5. The van der Waals surface area contributed by atoms with Crippen LogP contribution in [0.2, 0.25) is 5.02 Å². The summed E-state index contributed by atoms with van der Waals surface area (Å²) in [7, 11) is 0. The number of hydrogen-bond donors (Lipinski definition) is 1. The van der Waals surface area contributed by atoms with Crippen LogP contribution in [0, 0.1) is 6.92 Å². The molecular formula is C15H14ClN5OS. The standard InChI is InChI=1S/C15H14ClN5OS/c1-10-13(6-18-14(22)7-21-9-17-8-19-21)23-15(20-10)11-4-2-3-5-12(11)16/h2-5,8-9H,6-7H2,1H3,(H,18,22). The van der Waals surface area contributed by atoms with E-state index in [1.807, 2.05) is 31.2 Å². The highest BCUT2D eigenvalue weighted by Crippen LogP contribution is 2.32. The SMILES string of the molecule is Cc1nc(-c2ccccc2Cl)sc1CNC(=O)Cn1cncn1. The van der Waals surface area contributed by atoms with Gasteiger partial charge in [-0.1, -0.05) is 29.8 Å². The summed E-state index contributed by atoms with van der Waals surface area (Å²) >= 11 is 7.74. The quantitative estimate of drug-likeness (QED) is 0.770. The molecule has 0 atom stereocenters. The molecule has 0 aliphatic rings. The first-order chi connectivity index (χ1) is 11.1. The monoisotopic (exact) mass is 347 g/mol. The molecule has 3 rings (SSSR count). The van der Waals surface area contributed by atoms with Crippen molar-refractivity contribution in [2.75, 3.05) is 0 Å². The van der Waals surface area contributed by atoms with E-state index in [2.05, 4.69) is 20.4 Å². The molecule has 2 aromatic heterocycles. The molecule has 0 aliphatic heterocycles. The molecule has 6 nitrogen and oxygen atoms in total. The van der Waals surface area contributed by atoms with Crippen LogP contribution in [0.1, 0.15) is 10.6 Å². The number of benzene rings is 1. The predicted octanol–water partition coefficient (Wildman–Crippen LogP) is 2.68. The molecule has 8 heteroatoms. The van der Waals surface area contributed by atoms with E-state index in [9.17, 15) is 4.79 Å². The summed E-state index contributed by atoms with van der Waals surface area (Å²) in [4.78, 5) is 21.3. The van der Waals surface area contributed by atoms with E-state index in [0.717, 1.165) is 21.1 Å². The van der Waals surface area contributed by atoms with E-state index in [-0.39, 0.29) is 12.5 Å². The first-order valence-corrected chi connectivity index (χ1v) is 8.13. The predicted molar refractivity (Wildman–Crippen MR) is 89.2 cm³/mol. The fourth-order valence-electron chi connectivity index (χ4n) is 2.04. The van der Waals surface area contributed by atoms with Gasteiger partial charge in [0.2, 0.25) is 5.91 Å². The molecule has 3 aromatic rings. The van der Waals surface area contributed by atoms with Crippen LogP contribution in [0.15, 0.2) is 36.9 Å². The fraction of sp³-hybridized carbons (Fsp3) is 0.200. The van der Waals surface area contributed by atoms with Crippen LogP contribution in [0.25, 0.3) is 10.6 Å². The van der Waals surface area contributed by atoms with Crippen molar-refractivity contribution in [3.05, 3.63) is 52.5 Å². The third-order valence-corrected chi connectivity index (χ3v) is 4.74. The molecule has 0 fully saturated rings. The van der Waals surface area contributed by atoms with Crippen molar-refractivity contribution in [1.29, 1.82) is 0 Å². The third-order valence-electron chi connectivity index (χ3n) is 3.22. The summed E-state index contributed by atoms with van der Waals surface area (Å²) in [5.41, 5.74) is 1.80. The zero-order valence-electron chi connectivity index (χ0n) is 12.4. The van der Waals surface area contributed by atoms with Crippen LogP contribution in [-0.2, 0) is 17.9 Å². The molecule has 0 saturated carbocycles. The van der Waals surface area contributed by atoms with Gasteiger partial charge < -0.3 is 5.32 Å². The van der Waals surface area contributed by atoms with Gasteiger partial charge in [-0.15, -0.1) is 11.3 Å². The number of aromatic nitrogens is 4. The van der Waals surface area contributed by atoms with E-state index in [0.29, 0.717) is 11.6 Å². The maximum absolute atomic E-state index is 11.9. The second-order valence-electron chi connectivity index (χ2n) is 4.88. The van der Waals surface area contributed by atoms with E-state index >= 15 is 0 Å². The molecule has 0 spiro atoms. The highest BCUT2D eigenvalue weighted by atomic mass is 35.5. The molecule has 0 bridgehead atoms. The van der Waals surface area contributed by atoms with Crippen LogP contribution in [-0.4, -0.2) is 25.7 Å². The lowest BCUT2D eigenvalue weighted by Crippen LogP contribution is -2.27. The van der Waals surface area contributed by atoms with Crippen molar-refractivity contribution >= 4 is 28.8 Å². The van der Waals surface area contributed by atoms with Crippen molar-refractivity contribution in [2.24, 2.45) is 0 Å². The number of halogens is 1. The summed E-state index contributed by atoms with van der Waals surface area (Å²) in [5.74, 6) is -0.123. The van der Waals surface area contributed by atoms with Gasteiger partial charge >= 0.3 is 0 Å². The maximum Gasteiger partial charge on any atom is 0.242 e. The zero-order chi connectivity index (χ0) is 16.2. The number of carbonyl (C=O) groups is 1. The van der Waals surface area contributed by atoms with Gasteiger partial charge in [0.1, 0.15) is 24.2 Å². The topological polar surface area (TPSA) is 72.7 Å². The van der Waals surface area contributed by atoms with Gasteiger partial charge in [0.15, 0.2) is 0 Å². The molecule has 0 unspecified atom stereocenters. The summed E-state index contributed by atoms with van der Waals surface area (Å²) in [5, 5.41) is 8.29. The molecule has 23 heavy (non-hydrogen) atoms. The minimum absolute atomic E-state index is 0.123. The van der Waals surface area contributed by atoms with Gasteiger partial charge in [-0.3, -0.25) is 4.79 Å². The molecule has 0 radical (unpaired) electrons.